The number of benzene rings is 1. The molecule has 1 aromatic heterocycles. The van der Waals surface area contributed by atoms with Crippen molar-refractivity contribution in [2.24, 2.45) is 0 Å². The fraction of sp³-hybridized carbons (Fsp3) is 0.357. The Bertz CT molecular complexity index is 578. The molecule has 0 fully saturated rings. The molecule has 2 rings (SSSR count). The lowest BCUT2D eigenvalue weighted by Crippen LogP contribution is -2.14. The SMILES string of the molecule is CCCCCn1cc(N)c(=O)c2ccccc21.Cl. The molecule has 1 heterocycles. The molecule has 0 unspecified atom stereocenters. The number of para-hydroxylation sites is 1. The topological polar surface area (TPSA) is 48.0 Å². The summed E-state index contributed by atoms with van der Waals surface area (Å²) in [5, 5.41) is 0.712. The Morgan fingerprint density at radius 2 is 1.94 bits per heavy atom. The highest BCUT2D eigenvalue weighted by Gasteiger charge is 2.05. The molecule has 2 aromatic rings. The third-order valence-electron chi connectivity index (χ3n) is 3.02. The van der Waals surface area contributed by atoms with E-state index in [9.17, 15) is 4.79 Å². The van der Waals surface area contributed by atoms with Gasteiger partial charge in [0.25, 0.3) is 0 Å². The summed E-state index contributed by atoms with van der Waals surface area (Å²) in [5.41, 5.74) is 7.00. The molecule has 18 heavy (non-hydrogen) atoms. The summed E-state index contributed by atoms with van der Waals surface area (Å²) in [6.45, 7) is 3.09. The number of hydrogen-bond donors (Lipinski definition) is 1. The lowest BCUT2D eigenvalue weighted by molar-refractivity contribution is 0.614. The number of aryl methyl sites for hydroxylation is 1. The van der Waals surface area contributed by atoms with Crippen LogP contribution in [0.2, 0.25) is 0 Å². The molecule has 3 nitrogen and oxygen atoms in total. The normalized spacial score (nSPS) is 10.3. The third kappa shape index (κ3) is 2.85. The second-order valence-electron chi connectivity index (χ2n) is 4.33. The monoisotopic (exact) mass is 266 g/mol. The first kappa shape index (κ1) is 14.6. The van der Waals surface area contributed by atoms with E-state index in [1.165, 1.54) is 12.8 Å². The average Bonchev–Trinajstić information content (AvgIpc) is 2.36. The number of anilines is 1. The van der Waals surface area contributed by atoms with Crippen LogP contribution in [-0.4, -0.2) is 4.57 Å². The Morgan fingerprint density at radius 3 is 2.67 bits per heavy atom. The first-order chi connectivity index (χ1) is 8.24. The summed E-state index contributed by atoms with van der Waals surface area (Å²) >= 11 is 0. The molecule has 0 spiro atoms. The highest BCUT2D eigenvalue weighted by molar-refractivity contribution is 5.85. The van der Waals surface area contributed by atoms with Crippen LogP contribution in [0.1, 0.15) is 26.2 Å². The van der Waals surface area contributed by atoms with E-state index in [1.54, 1.807) is 6.20 Å². The van der Waals surface area contributed by atoms with Crippen LogP contribution in [0.3, 0.4) is 0 Å². The van der Waals surface area contributed by atoms with Crippen molar-refractivity contribution in [3.63, 3.8) is 0 Å². The largest absolute Gasteiger partial charge is 0.394 e. The first-order valence-electron chi connectivity index (χ1n) is 6.11. The van der Waals surface area contributed by atoms with Crippen molar-refractivity contribution in [1.29, 1.82) is 0 Å². The Hall–Kier alpha value is -1.48. The van der Waals surface area contributed by atoms with E-state index in [0.717, 1.165) is 18.5 Å². The predicted octanol–water partition coefficient (Wildman–Crippen LogP) is 3.20. The number of nitrogens with two attached hydrogens (primary N) is 1. The maximum absolute atomic E-state index is 11.9. The van der Waals surface area contributed by atoms with Crippen molar-refractivity contribution in [3.8, 4) is 0 Å². The standard InChI is InChI=1S/C14H18N2O.ClH/c1-2-3-6-9-16-10-12(15)14(17)11-7-4-5-8-13(11)16;/h4-5,7-8,10H,2-3,6,9,15H2,1H3;1H. The zero-order valence-corrected chi connectivity index (χ0v) is 11.4. The molecule has 2 N–H and O–H groups in total. The molecule has 0 atom stereocenters. The third-order valence-corrected chi connectivity index (χ3v) is 3.02. The maximum atomic E-state index is 11.9. The molecule has 0 saturated heterocycles. The minimum Gasteiger partial charge on any atom is -0.394 e. The number of unbranched alkanes of at least 4 members (excludes halogenated alkanes) is 2. The number of fused-ring (bicyclic) bond motifs is 1. The van der Waals surface area contributed by atoms with Gasteiger partial charge in [0, 0.05) is 18.1 Å². The quantitative estimate of drug-likeness (QED) is 0.864. The maximum Gasteiger partial charge on any atom is 0.212 e. The molecule has 1 aromatic carbocycles. The van der Waals surface area contributed by atoms with Crippen molar-refractivity contribution in [3.05, 3.63) is 40.7 Å². The van der Waals surface area contributed by atoms with E-state index in [1.807, 2.05) is 24.3 Å². The molecule has 0 aliphatic rings. The van der Waals surface area contributed by atoms with E-state index in [0.29, 0.717) is 11.1 Å². The second kappa shape index (κ2) is 6.45. The molecule has 98 valence electrons. The fourth-order valence-electron chi connectivity index (χ4n) is 2.08. The molecule has 0 aliphatic carbocycles. The number of hydrogen-bond acceptors (Lipinski definition) is 2. The van der Waals surface area contributed by atoms with E-state index < -0.39 is 0 Å². The van der Waals surface area contributed by atoms with Crippen LogP contribution in [0.5, 0.6) is 0 Å². The smallest absolute Gasteiger partial charge is 0.212 e. The van der Waals surface area contributed by atoms with Gasteiger partial charge in [-0.05, 0) is 18.6 Å². The van der Waals surface area contributed by atoms with Crippen LogP contribution < -0.4 is 11.2 Å². The van der Waals surface area contributed by atoms with Gasteiger partial charge < -0.3 is 10.3 Å². The highest BCUT2D eigenvalue weighted by atomic mass is 35.5. The predicted molar refractivity (Wildman–Crippen MR) is 79.4 cm³/mol. The molecule has 0 bridgehead atoms. The highest BCUT2D eigenvalue weighted by Crippen LogP contribution is 2.13. The van der Waals surface area contributed by atoms with Crippen LogP contribution in [0.15, 0.2) is 35.3 Å². The van der Waals surface area contributed by atoms with E-state index in [-0.39, 0.29) is 17.8 Å². The number of aromatic nitrogens is 1. The van der Waals surface area contributed by atoms with Crippen LogP contribution in [0, 0.1) is 0 Å². The van der Waals surface area contributed by atoms with E-state index in [2.05, 4.69) is 11.5 Å². The van der Waals surface area contributed by atoms with Crippen LogP contribution in [0.4, 0.5) is 5.69 Å². The minimum absolute atomic E-state index is 0. The van der Waals surface area contributed by atoms with Gasteiger partial charge in [0.05, 0.1) is 11.2 Å². The van der Waals surface area contributed by atoms with Crippen molar-refractivity contribution in [2.45, 2.75) is 32.7 Å². The summed E-state index contributed by atoms with van der Waals surface area (Å²) in [5.74, 6) is 0. The molecule has 0 aliphatic heterocycles. The summed E-state index contributed by atoms with van der Waals surface area (Å²) in [7, 11) is 0. The van der Waals surface area contributed by atoms with Gasteiger partial charge in [0.1, 0.15) is 0 Å². The molecule has 4 heteroatoms. The number of nitrogens with zero attached hydrogens (tertiary/aromatic N) is 1. The van der Waals surface area contributed by atoms with Crippen LogP contribution in [-0.2, 0) is 6.54 Å². The lowest BCUT2D eigenvalue weighted by Gasteiger charge is -2.11. The molecular weight excluding hydrogens is 248 g/mol. The van der Waals surface area contributed by atoms with Crippen LogP contribution in [0.25, 0.3) is 10.9 Å². The molecule has 0 saturated carbocycles. The minimum atomic E-state index is -0.0626. The Labute approximate surface area is 113 Å². The van der Waals surface area contributed by atoms with Gasteiger partial charge in [-0.15, -0.1) is 12.4 Å². The van der Waals surface area contributed by atoms with Crippen molar-refractivity contribution < 1.29 is 0 Å². The van der Waals surface area contributed by atoms with Gasteiger partial charge in [-0.1, -0.05) is 31.9 Å². The van der Waals surface area contributed by atoms with E-state index in [4.69, 9.17) is 5.73 Å². The van der Waals surface area contributed by atoms with Crippen molar-refractivity contribution in [1.82, 2.24) is 4.57 Å². The zero-order valence-electron chi connectivity index (χ0n) is 10.6. The molecule has 0 radical (unpaired) electrons. The second-order valence-corrected chi connectivity index (χ2v) is 4.33. The molecule has 0 amide bonds. The van der Waals surface area contributed by atoms with Crippen molar-refractivity contribution in [2.75, 3.05) is 5.73 Å². The first-order valence-corrected chi connectivity index (χ1v) is 6.11. The number of nitrogen functional groups attached to an aromatic ring is 1. The van der Waals surface area contributed by atoms with Gasteiger partial charge in [-0.3, -0.25) is 4.79 Å². The van der Waals surface area contributed by atoms with Crippen LogP contribution >= 0.6 is 12.4 Å². The van der Waals surface area contributed by atoms with Gasteiger partial charge in [0.15, 0.2) is 0 Å². The molecular formula is C14H19ClN2O. The summed E-state index contributed by atoms with van der Waals surface area (Å²) in [6.07, 6.45) is 5.26. The fourth-order valence-corrected chi connectivity index (χ4v) is 2.08. The van der Waals surface area contributed by atoms with Gasteiger partial charge in [0.2, 0.25) is 5.43 Å². The Morgan fingerprint density at radius 1 is 1.22 bits per heavy atom. The Kier molecular flexibility index (Phi) is 5.23. The average molecular weight is 267 g/mol. The van der Waals surface area contributed by atoms with Gasteiger partial charge in [-0.25, -0.2) is 0 Å². The van der Waals surface area contributed by atoms with Crippen molar-refractivity contribution >= 4 is 29.0 Å². The summed E-state index contributed by atoms with van der Waals surface area (Å²) in [4.78, 5) is 11.9. The van der Waals surface area contributed by atoms with Gasteiger partial charge >= 0.3 is 0 Å². The summed E-state index contributed by atoms with van der Waals surface area (Å²) in [6, 6.07) is 7.64. The lowest BCUT2D eigenvalue weighted by atomic mass is 10.2. The van der Waals surface area contributed by atoms with Gasteiger partial charge in [-0.2, -0.15) is 0 Å². The number of halogens is 1. The number of pyridine rings is 1. The van der Waals surface area contributed by atoms with E-state index >= 15 is 0 Å². The summed E-state index contributed by atoms with van der Waals surface area (Å²) < 4.78 is 2.09. The zero-order chi connectivity index (χ0) is 12.3. The Balaban J connectivity index is 0.00000162. The number of rotatable bonds is 4.